The van der Waals surface area contributed by atoms with Crippen molar-refractivity contribution in [2.24, 2.45) is 0 Å². The molecule has 5 heteroatoms. The number of nitrogens with zero attached hydrogens (tertiary/aromatic N) is 2. The monoisotopic (exact) mass is 333 g/mol. The van der Waals surface area contributed by atoms with Gasteiger partial charge in [-0.25, -0.2) is 4.98 Å². The summed E-state index contributed by atoms with van der Waals surface area (Å²) in [7, 11) is 0. The molecule has 4 nitrogen and oxygen atoms in total. The van der Waals surface area contributed by atoms with Gasteiger partial charge in [-0.1, -0.05) is 30.3 Å². The Labute approximate surface area is 143 Å². The van der Waals surface area contributed by atoms with Crippen molar-refractivity contribution in [2.45, 2.75) is 12.8 Å². The van der Waals surface area contributed by atoms with Crippen molar-refractivity contribution in [3.63, 3.8) is 0 Å². The van der Waals surface area contributed by atoms with Crippen LogP contribution in [0.15, 0.2) is 60.8 Å². The number of thiazole rings is 1. The van der Waals surface area contributed by atoms with E-state index in [1.807, 2.05) is 48.5 Å². The lowest BCUT2D eigenvalue weighted by atomic mass is 10.2. The average Bonchev–Trinajstić information content (AvgIpc) is 3.03. The second-order valence-corrected chi connectivity index (χ2v) is 6.62. The highest BCUT2D eigenvalue weighted by atomic mass is 32.1. The zero-order valence-electron chi connectivity index (χ0n) is 12.9. The van der Waals surface area contributed by atoms with Crippen LogP contribution in [0.5, 0.6) is 0 Å². The van der Waals surface area contributed by atoms with E-state index in [1.54, 1.807) is 17.5 Å². The third kappa shape index (κ3) is 2.98. The molecule has 0 saturated carbocycles. The van der Waals surface area contributed by atoms with E-state index in [0.29, 0.717) is 12.8 Å². The molecule has 4 rings (SSSR count). The number of carbonyl (C=O) groups excluding carboxylic acids is 1. The van der Waals surface area contributed by atoms with Crippen LogP contribution in [0.2, 0.25) is 0 Å². The first-order valence-corrected chi connectivity index (χ1v) is 8.59. The van der Waals surface area contributed by atoms with Crippen LogP contribution in [0, 0.1) is 0 Å². The Balaban J connectivity index is 1.46. The van der Waals surface area contributed by atoms with E-state index in [0.717, 1.165) is 31.8 Å². The van der Waals surface area contributed by atoms with Gasteiger partial charge in [0.2, 0.25) is 5.91 Å². The summed E-state index contributed by atoms with van der Waals surface area (Å²) >= 11 is 1.64. The van der Waals surface area contributed by atoms with E-state index >= 15 is 0 Å². The molecule has 0 aliphatic heterocycles. The molecule has 118 valence electrons. The molecule has 2 aromatic heterocycles. The summed E-state index contributed by atoms with van der Waals surface area (Å²) in [5, 5.41) is 4.97. The lowest BCUT2D eigenvalue weighted by Gasteiger charge is -2.07. The minimum absolute atomic E-state index is 0.0209. The number of hydrogen-bond acceptors (Lipinski definition) is 4. The summed E-state index contributed by atoms with van der Waals surface area (Å²) in [4.78, 5) is 21.2. The van der Waals surface area contributed by atoms with Crippen LogP contribution in [0.3, 0.4) is 0 Å². The van der Waals surface area contributed by atoms with Gasteiger partial charge in [-0.2, -0.15) is 0 Å². The molecular formula is C19H15N3OS. The molecule has 0 radical (unpaired) electrons. The Kier molecular flexibility index (Phi) is 3.92. The zero-order chi connectivity index (χ0) is 16.4. The number of amides is 1. The van der Waals surface area contributed by atoms with Crippen molar-refractivity contribution in [3.05, 3.63) is 65.8 Å². The molecule has 2 heterocycles. The number of pyridine rings is 1. The Bertz CT molecular complexity index is 987. The van der Waals surface area contributed by atoms with E-state index in [9.17, 15) is 4.79 Å². The zero-order valence-corrected chi connectivity index (χ0v) is 13.7. The molecule has 0 saturated heterocycles. The summed E-state index contributed by atoms with van der Waals surface area (Å²) in [6.07, 6.45) is 2.78. The first kappa shape index (κ1) is 14.8. The van der Waals surface area contributed by atoms with Crippen molar-refractivity contribution >= 4 is 44.1 Å². The minimum Gasteiger partial charge on any atom is -0.324 e. The molecular weight excluding hydrogens is 318 g/mol. The molecule has 24 heavy (non-hydrogen) atoms. The van der Waals surface area contributed by atoms with E-state index in [4.69, 9.17) is 0 Å². The van der Waals surface area contributed by atoms with E-state index in [1.165, 1.54) is 0 Å². The number of aromatic nitrogens is 2. The van der Waals surface area contributed by atoms with Crippen molar-refractivity contribution in [2.75, 3.05) is 5.32 Å². The summed E-state index contributed by atoms with van der Waals surface area (Å²) in [5.74, 6) is -0.0209. The van der Waals surface area contributed by atoms with Crippen LogP contribution >= 0.6 is 11.3 Å². The van der Waals surface area contributed by atoms with Crippen molar-refractivity contribution in [3.8, 4) is 0 Å². The standard InChI is InChI=1S/C19H15N3OS/c23-17(10-11-18-22-14-7-1-2-9-16(14)24-18)21-15-8-3-5-13-6-4-12-20-19(13)15/h1-9,12H,10-11H2,(H,21,23). The maximum Gasteiger partial charge on any atom is 0.224 e. The molecule has 4 aromatic rings. The van der Waals surface area contributed by atoms with Crippen LogP contribution in [-0.4, -0.2) is 15.9 Å². The first-order valence-electron chi connectivity index (χ1n) is 7.78. The summed E-state index contributed by atoms with van der Waals surface area (Å²) in [5.41, 5.74) is 2.56. The smallest absolute Gasteiger partial charge is 0.224 e. The van der Waals surface area contributed by atoms with Crippen molar-refractivity contribution in [1.82, 2.24) is 9.97 Å². The number of hydrogen-bond donors (Lipinski definition) is 1. The Morgan fingerprint density at radius 3 is 2.83 bits per heavy atom. The second-order valence-electron chi connectivity index (χ2n) is 5.50. The van der Waals surface area contributed by atoms with E-state index in [2.05, 4.69) is 21.4 Å². The van der Waals surface area contributed by atoms with Gasteiger partial charge in [0.15, 0.2) is 0 Å². The topological polar surface area (TPSA) is 54.9 Å². The summed E-state index contributed by atoms with van der Waals surface area (Å²) < 4.78 is 1.16. The molecule has 0 bridgehead atoms. The molecule has 1 amide bonds. The van der Waals surface area contributed by atoms with Gasteiger partial charge in [0.05, 0.1) is 26.4 Å². The van der Waals surface area contributed by atoms with Gasteiger partial charge >= 0.3 is 0 Å². The fourth-order valence-corrected chi connectivity index (χ4v) is 3.63. The van der Waals surface area contributed by atoms with Crippen molar-refractivity contribution < 1.29 is 4.79 Å². The van der Waals surface area contributed by atoms with Gasteiger partial charge in [-0.3, -0.25) is 9.78 Å². The van der Waals surface area contributed by atoms with Crippen LogP contribution in [0.4, 0.5) is 5.69 Å². The maximum atomic E-state index is 12.3. The third-order valence-corrected chi connectivity index (χ3v) is 4.91. The minimum atomic E-state index is -0.0209. The largest absolute Gasteiger partial charge is 0.324 e. The Hall–Kier alpha value is -2.79. The molecule has 0 unspecified atom stereocenters. The predicted molar refractivity (Wildman–Crippen MR) is 98.3 cm³/mol. The van der Waals surface area contributed by atoms with Gasteiger partial charge < -0.3 is 5.32 Å². The molecule has 0 aliphatic rings. The molecule has 0 aliphatic carbocycles. The van der Waals surface area contributed by atoms with Crippen LogP contribution in [-0.2, 0) is 11.2 Å². The fourth-order valence-electron chi connectivity index (χ4n) is 2.67. The van der Waals surface area contributed by atoms with Gasteiger partial charge in [-0.15, -0.1) is 11.3 Å². The highest BCUT2D eigenvalue weighted by molar-refractivity contribution is 7.18. The van der Waals surface area contributed by atoms with E-state index < -0.39 is 0 Å². The van der Waals surface area contributed by atoms with E-state index in [-0.39, 0.29) is 5.91 Å². The third-order valence-electron chi connectivity index (χ3n) is 3.81. The van der Waals surface area contributed by atoms with Crippen LogP contribution in [0.25, 0.3) is 21.1 Å². The van der Waals surface area contributed by atoms with Crippen LogP contribution in [0.1, 0.15) is 11.4 Å². The lowest BCUT2D eigenvalue weighted by molar-refractivity contribution is -0.116. The highest BCUT2D eigenvalue weighted by Crippen LogP contribution is 2.23. The van der Waals surface area contributed by atoms with Gasteiger partial charge in [0.1, 0.15) is 0 Å². The maximum absolute atomic E-state index is 12.3. The number of rotatable bonds is 4. The van der Waals surface area contributed by atoms with Crippen LogP contribution < -0.4 is 5.32 Å². The SMILES string of the molecule is O=C(CCc1nc2ccccc2s1)Nc1cccc2cccnc12. The number of aryl methyl sites for hydroxylation is 1. The Morgan fingerprint density at radius 1 is 1.04 bits per heavy atom. The predicted octanol–water partition coefficient (Wildman–Crippen LogP) is 4.42. The quantitative estimate of drug-likeness (QED) is 0.601. The number of para-hydroxylation sites is 2. The highest BCUT2D eigenvalue weighted by Gasteiger charge is 2.09. The van der Waals surface area contributed by atoms with Gasteiger partial charge in [0.25, 0.3) is 0 Å². The average molecular weight is 333 g/mol. The number of fused-ring (bicyclic) bond motifs is 2. The number of benzene rings is 2. The molecule has 0 fully saturated rings. The first-order chi connectivity index (χ1) is 11.8. The van der Waals surface area contributed by atoms with Gasteiger partial charge in [0, 0.05) is 24.4 Å². The summed E-state index contributed by atoms with van der Waals surface area (Å²) in [6.45, 7) is 0. The Morgan fingerprint density at radius 2 is 1.92 bits per heavy atom. The van der Waals surface area contributed by atoms with Crippen molar-refractivity contribution in [1.29, 1.82) is 0 Å². The number of nitrogens with one attached hydrogen (secondary N) is 1. The number of anilines is 1. The lowest BCUT2D eigenvalue weighted by Crippen LogP contribution is -2.12. The molecule has 0 atom stereocenters. The van der Waals surface area contributed by atoms with Gasteiger partial charge in [-0.05, 0) is 24.3 Å². The summed E-state index contributed by atoms with van der Waals surface area (Å²) in [6, 6.07) is 17.7. The number of carbonyl (C=O) groups is 1. The molecule has 0 spiro atoms. The fraction of sp³-hybridized carbons (Fsp3) is 0.105. The second kappa shape index (κ2) is 6.37. The molecule has 2 aromatic carbocycles. The normalized spacial score (nSPS) is 11.0. The molecule has 1 N–H and O–H groups in total.